The van der Waals surface area contributed by atoms with Crippen LogP contribution in [0.15, 0.2) is 23.1 Å². The van der Waals surface area contributed by atoms with Gasteiger partial charge in [0.25, 0.3) is 0 Å². The molecule has 0 amide bonds. The topological polar surface area (TPSA) is 112 Å². The number of pyridine rings is 1. The van der Waals surface area contributed by atoms with Gasteiger partial charge in [-0.25, -0.2) is 8.42 Å². The predicted molar refractivity (Wildman–Crippen MR) is 97.3 cm³/mol. The first kappa shape index (κ1) is 20.7. The largest absolute Gasteiger partial charge is 0.494 e. The highest BCUT2D eigenvalue weighted by atomic mass is 32.2. The van der Waals surface area contributed by atoms with Gasteiger partial charge in [-0.3, -0.25) is 9.59 Å². The van der Waals surface area contributed by atoms with E-state index in [0.717, 1.165) is 13.2 Å². The molecule has 1 aromatic rings. The first-order chi connectivity index (χ1) is 11.9. The van der Waals surface area contributed by atoms with Crippen LogP contribution in [0.4, 0.5) is 0 Å². The molecule has 1 N–H and O–H groups in total. The fourth-order valence-corrected chi connectivity index (χ4v) is 3.30. The minimum absolute atomic E-state index is 0.0333. The smallest absolute Gasteiger partial charge is 0.480 e. The number of hydrogen-bond acceptors (Lipinski definition) is 6. The summed E-state index contributed by atoms with van der Waals surface area (Å²) in [6.45, 7) is 6.16. The maximum Gasteiger partial charge on any atom is 0.494 e. The molecule has 1 saturated heterocycles. The Morgan fingerprint density at radius 1 is 1.38 bits per heavy atom. The molecule has 0 radical (unpaired) electrons. The molecule has 0 aliphatic carbocycles. The number of aryl methyl sites for hydroxylation is 1. The first-order valence-electron chi connectivity index (χ1n) is 8.22. The van der Waals surface area contributed by atoms with Gasteiger partial charge >= 0.3 is 13.1 Å². The van der Waals surface area contributed by atoms with Crippen LogP contribution >= 0.6 is 0 Å². The summed E-state index contributed by atoms with van der Waals surface area (Å²) in [5.41, 5.74) is 0.116. The van der Waals surface area contributed by atoms with E-state index < -0.39 is 27.7 Å². The Labute approximate surface area is 153 Å². The zero-order chi connectivity index (χ0) is 19.8. The third kappa shape index (κ3) is 4.36. The van der Waals surface area contributed by atoms with Gasteiger partial charge in [0.15, 0.2) is 14.6 Å². The summed E-state index contributed by atoms with van der Waals surface area (Å²) in [6.07, 6.45) is 2.16. The molecular weight excluding hydrogens is 361 g/mol. The average Bonchev–Trinajstić information content (AvgIpc) is 2.52. The van der Waals surface area contributed by atoms with E-state index in [1.807, 2.05) is 13.8 Å². The van der Waals surface area contributed by atoms with E-state index in [2.05, 4.69) is 0 Å². The van der Waals surface area contributed by atoms with Crippen molar-refractivity contribution in [1.29, 1.82) is 0 Å². The molecule has 0 aromatic carbocycles. The number of nitrogens with zero attached hydrogens (tertiary/aromatic N) is 1. The number of hydrogen-bond donors (Lipinski definition) is 1. The van der Waals surface area contributed by atoms with Gasteiger partial charge in [0.05, 0.1) is 0 Å². The maximum atomic E-state index is 12.3. The van der Waals surface area contributed by atoms with E-state index in [0.29, 0.717) is 18.7 Å². The standard InChI is InChI=1S/C16H24BNO7S/c1-15(2)10-24-17(25-11-15)12-5-7-18(13(19)9-12)8-6-16(3,14(20)21)26(4,22)23/h5,7,9H,6,8,10-11H2,1-4H3,(H,20,21)/t16-/m1/s1. The van der Waals surface area contributed by atoms with Crippen molar-refractivity contribution in [2.45, 2.75) is 38.5 Å². The minimum Gasteiger partial charge on any atom is -0.480 e. The molecule has 1 aliphatic rings. The van der Waals surface area contributed by atoms with Crippen molar-refractivity contribution in [2.75, 3.05) is 19.5 Å². The second-order valence-electron chi connectivity index (χ2n) is 7.67. The lowest BCUT2D eigenvalue weighted by molar-refractivity contribution is -0.139. The Morgan fingerprint density at radius 2 is 1.96 bits per heavy atom. The summed E-state index contributed by atoms with van der Waals surface area (Å²) < 4.78 is 34.2. The highest BCUT2D eigenvalue weighted by molar-refractivity contribution is 7.92. The average molecular weight is 385 g/mol. The lowest BCUT2D eigenvalue weighted by atomic mass is 9.76. The van der Waals surface area contributed by atoms with Crippen LogP contribution in [0.2, 0.25) is 0 Å². The van der Waals surface area contributed by atoms with Gasteiger partial charge in [-0.2, -0.15) is 0 Å². The van der Waals surface area contributed by atoms with E-state index in [4.69, 9.17) is 9.31 Å². The van der Waals surface area contributed by atoms with E-state index >= 15 is 0 Å². The Kier molecular flexibility index (Phi) is 5.70. The molecule has 1 atom stereocenters. The fourth-order valence-electron chi connectivity index (χ4n) is 2.52. The third-order valence-electron chi connectivity index (χ3n) is 4.64. The van der Waals surface area contributed by atoms with Gasteiger partial charge in [0, 0.05) is 43.7 Å². The van der Waals surface area contributed by atoms with Crippen molar-refractivity contribution < 1.29 is 27.6 Å². The molecule has 2 rings (SSSR count). The maximum absolute atomic E-state index is 12.3. The van der Waals surface area contributed by atoms with Crippen molar-refractivity contribution in [3.05, 3.63) is 28.7 Å². The zero-order valence-electron chi connectivity index (χ0n) is 15.4. The number of aliphatic carboxylic acids is 1. The highest BCUT2D eigenvalue weighted by Crippen LogP contribution is 2.22. The van der Waals surface area contributed by atoms with Gasteiger partial charge in [0.2, 0.25) is 5.56 Å². The van der Waals surface area contributed by atoms with Crippen molar-refractivity contribution in [3.63, 3.8) is 0 Å². The van der Waals surface area contributed by atoms with Crippen LogP contribution in [0.1, 0.15) is 27.2 Å². The van der Waals surface area contributed by atoms with Crippen LogP contribution in [0.25, 0.3) is 0 Å². The second kappa shape index (κ2) is 7.17. The molecular formula is C16H24BNO7S. The summed E-state index contributed by atoms with van der Waals surface area (Å²) in [7, 11) is -4.46. The molecule has 0 unspecified atom stereocenters. The van der Waals surface area contributed by atoms with Crippen molar-refractivity contribution >= 4 is 28.4 Å². The summed E-state index contributed by atoms with van der Waals surface area (Å²) in [5.74, 6) is -1.43. The summed E-state index contributed by atoms with van der Waals surface area (Å²) in [4.78, 5) is 23.7. The predicted octanol–water partition coefficient (Wildman–Crippen LogP) is -0.105. The van der Waals surface area contributed by atoms with Crippen LogP contribution < -0.4 is 11.0 Å². The fraction of sp³-hybridized carbons (Fsp3) is 0.625. The highest BCUT2D eigenvalue weighted by Gasteiger charge is 2.43. The number of carboxylic acids is 1. The number of rotatable bonds is 6. The van der Waals surface area contributed by atoms with Gasteiger partial charge in [-0.1, -0.05) is 13.8 Å². The van der Waals surface area contributed by atoms with Gasteiger partial charge in [-0.15, -0.1) is 0 Å². The molecule has 10 heteroatoms. The van der Waals surface area contributed by atoms with Gasteiger partial charge in [0.1, 0.15) is 0 Å². The van der Waals surface area contributed by atoms with Crippen LogP contribution in [0.3, 0.4) is 0 Å². The summed E-state index contributed by atoms with van der Waals surface area (Å²) in [5, 5.41) is 9.27. The molecule has 26 heavy (non-hydrogen) atoms. The number of carbonyl (C=O) groups is 1. The molecule has 0 spiro atoms. The number of sulfone groups is 1. The van der Waals surface area contributed by atoms with E-state index in [9.17, 15) is 23.1 Å². The molecule has 1 aromatic heterocycles. The Hall–Kier alpha value is -1.65. The molecule has 2 heterocycles. The lowest BCUT2D eigenvalue weighted by Gasteiger charge is -2.33. The first-order valence-corrected chi connectivity index (χ1v) is 10.1. The Bertz CT molecular complexity index is 838. The molecule has 1 fully saturated rings. The zero-order valence-corrected chi connectivity index (χ0v) is 16.2. The third-order valence-corrected chi connectivity index (χ3v) is 6.66. The Morgan fingerprint density at radius 3 is 2.42 bits per heavy atom. The van der Waals surface area contributed by atoms with Crippen molar-refractivity contribution in [1.82, 2.24) is 4.57 Å². The summed E-state index contributed by atoms with van der Waals surface area (Å²) >= 11 is 0. The van der Waals surface area contributed by atoms with Crippen LogP contribution in [-0.2, 0) is 30.5 Å². The number of carboxylic acid groups (broad SMARTS) is 1. The van der Waals surface area contributed by atoms with Crippen LogP contribution in [0.5, 0.6) is 0 Å². The van der Waals surface area contributed by atoms with E-state index in [1.165, 1.54) is 16.8 Å². The molecule has 0 bridgehead atoms. The second-order valence-corrected chi connectivity index (χ2v) is 10.1. The minimum atomic E-state index is -3.84. The molecule has 0 saturated carbocycles. The monoisotopic (exact) mass is 385 g/mol. The van der Waals surface area contributed by atoms with Gasteiger partial charge in [-0.05, 0) is 24.9 Å². The molecule has 8 nitrogen and oxygen atoms in total. The lowest BCUT2D eigenvalue weighted by Crippen LogP contribution is -2.48. The van der Waals surface area contributed by atoms with Crippen molar-refractivity contribution in [2.24, 2.45) is 5.41 Å². The SMILES string of the molecule is CC1(C)COB(c2ccn(CC[C@](C)(C(=O)O)S(C)(=O)=O)c(=O)c2)OC1. The normalized spacial score (nSPS) is 19.8. The molecule has 1 aliphatic heterocycles. The Balaban J connectivity index is 2.13. The summed E-state index contributed by atoms with van der Waals surface area (Å²) in [6, 6.07) is 3.02. The van der Waals surface area contributed by atoms with E-state index in [1.54, 1.807) is 6.07 Å². The van der Waals surface area contributed by atoms with Crippen molar-refractivity contribution in [3.8, 4) is 0 Å². The molecule has 144 valence electrons. The van der Waals surface area contributed by atoms with Crippen LogP contribution in [0, 0.1) is 5.41 Å². The number of aromatic nitrogens is 1. The quantitative estimate of drug-likeness (QED) is 0.681. The van der Waals surface area contributed by atoms with Crippen LogP contribution in [-0.4, -0.2) is 55.4 Å². The van der Waals surface area contributed by atoms with E-state index in [-0.39, 0.29) is 23.9 Å². The van der Waals surface area contributed by atoms with Gasteiger partial charge < -0.3 is 19.0 Å².